The summed E-state index contributed by atoms with van der Waals surface area (Å²) in [5.74, 6) is -2.36. The standard InChI is InChI=1S/C22H28N4O5/c1-2-3-4-5-6-7-13-23-22(31)24-15-10-8-9-14-18(15)21(30)26(20(14)29)16-11-12-17(27)25-19(16)28/h8-10,16H,2-7,11-13H2,1H3,(H2,23,24,31)(H,25,27,28). The van der Waals surface area contributed by atoms with Crippen LogP contribution < -0.4 is 16.0 Å². The molecule has 0 aromatic heterocycles. The fraction of sp³-hybridized carbons (Fsp3) is 0.500. The van der Waals surface area contributed by atoms with Crippen molar-refractivity contribution < 1.29 is 24.0 Å². The molecule has 0 bridgehead atoms. The molecule has 1 atom stereocenters. The van der Waals surface area contributed by atoms with Gasteiger partial charge in [-0.1, -0.05) is 45.1 Å². The zero-order chi connectivity index (χ0) is 22.4. The van der Waals surface area contributed by atoms with Crippen LogP contribution in [0.1, 0.15) is 79.0 Å². The molecular formula is C22H28N4O5. The van der Waals surface area contributed by atoms with Crippen molar-refractivity contribution in [3.05, 3.63) is 29.3 Å². The van der Waals surface area contributed by atoms with Crippen LogP contribution in [0.15, 0.2) is 18.2 Å². The number of benzene rings is 1. The van der Waals surface area contributed by atoms with Crippen LogP contribution >= 0.6 is 0 Å². The summed E-state index contributed by atoms with van der Waals surface area (Å²) in [6, 6.07) is 3.10. The van der Waals surface area contributed by atoms with Crippen LogP contribution in [0.2, 0.25) is 0 Å². The maximum Gasteiger partial charge on any atom is 0.319 e. The lowest BCUT2D eigenvalue weighted by Crippen LogP contribution is -2.54. The van der Waals surface area contributed by atoms with Gasteiger partial charge in [-0.3, -0.25) is 29.4 Å². The van der Waals surface area contributed by atoms with Gasteiger partial charge in [-0.25, -0.2) is 4.79 Å². The first-order chi connectivity index (χ1) is 14.9. The molecule has 1 aromatic rings. The molecule has 0 radical (unpaired) electrons. The number of carbonyl (C=O) groups is 5. The molecule has 166 valence electrons. The number of hydrogen-bond donors (Lipinski definition) is 3. The third-order valence-electron chi connectivity index (χ3n) is 5.53. The summed E-state index contributed by atoms with van der Waals surface area (Å²) in [7, 11) is 0. The molecule has 1 unspecified atom stereocenters. The molecule has 0 saturated carbocycles. The maximum atomic E-state index is 13.0. The van der Waals surface area contributed by atoms with Crippen molar-refractivity contribution in [3.63, 3.8) is 0 Å². The van der Waals surface area contributed by atoms with Gasteiger partial charge in [0.1, 0.15) is 6.04 Å². The first kappa shape index (κ1) is 22.5. The van der Waals surface area contributed by atoms with Gasteiger partial charge in [-0.15, -0.1) is 0 Å². The minimum atomic E-state index is -1.04. The molecule has 1 saturated heterocycles. The Hall–Kier alpha value is -3.23. The van der Waals surface area contributed by atoms with Gasteiger partial charge >= 0.3 is 6.03 Å². The van der Waals surface area contributed by atoms with Gasteiger partial charge in [0.05, 0.1) is 16.8 Å². The Morgan fingerprint density at radius 2 is 1.81 bits per heavy atom. The van der Waals surface area contributed by atoms with E-state index in [2.05, 4.69) is 22.9 Å². The van der Waals surface area contributed by atoms with Crippen LogP contribution in [0, 0.1) is 0 Å². The molecule has 2 heterocycles. The van der Waals surface area contributed by atoms with Gasteiger partial charge in [0.2, 0.25) is 11.8 Å². The highest BCUT2D eigenvalue weighted by molar-refractivity contribution is 6.26. The number of piperidine rings is 1. The fourth-order valence-corrected chi connectivity index (χ4v) is 3.89. The summed E-state index contributed by atoms with van der Waals surface area (Å²) in [6.45, 7) is 2.68. The van der Waals surface area contributed by atoms with Crippen LogP contribution in [0.3, 0.4) is 0 Å². The van der Waals surface area contributed by atoms with Crippen molar-refractivity contribution in [1.29, 1.82) is 0 Å². The molecule has 9 heteroatoms. The molecular weight excluding hydrogens is 400 g/mol. The van der Waals surface area contributed by atoms with Crippen LogP contribution in [0.25, 0.3) is 0 Å². The molecule has 31 heavy (non-hydrogen) atoms. The Balaban J connectivity index is 1.62. The number of nitrogens with one attached hydrogen (secondary N) is 3. The number of urea groups is 1. The van der Waals surface area contributed by atoms with Crippen LogP contribution in [0.5, 0.6) is 0 Å². The lowest BCUT2D eigenvalue weighted by Gasteiger charge is -2.27. The molecule has 9 nitrogen and oxygen atoms in total. The summed E-state index contributed by atoms with van der Waals surface area (Å²) >= 11 is 0. The second-order valence-corrected chi connectivity index (χ2v) is 7.82. The van der Waals surface area contributed by atoms with Crippen molar-refractivity contribution in [2.24, 2.45) is 0 Å². The highest BCUT2D eigenvalue weighted by atomic mass is 16.2. The maximum absolute atomic E-state index is 13.0. The normalized spacial score (nSPS) is 18.1. The topological polar surface area (TPSA) is 125 Å². The van der Waals surface area contributed by atoms with E-state index >= 15 is 0 Å². The van der Waals surface area contributed by atoms with Gasteiger partial charge in [0.25, 0.3) is 11.8 Å². The lowest BCUT2D eigenvalue weighted by atomic mass is 10.0. The number of amides is 6. The predicted octanol–water partition coefficient (Wildman–Crippen LogP) is 2.57. The molecule has 1 aromatic carbocycles. The summed E-state index contributed by atoms with van der Waals surface area (Å²) in [6.07, 6.45) is 6.77. The van der Waals surface area contributed by atoms with Crippen molar-refractivity contribution >= 4 is 35.3 Å². The minimum absolute atomic E-state index is 0.0514. The van der Waals surface area contributed by atoms with Crippen molar-refractivity contribution in [2.45, 2.75) is 64.3 Å². The number of nitrogens with zero attached hydrogens (tertiary/aromatic N) is 1. The quantitative estimate of drug-likeness (QED) is 0.412. The summed E-state index contributed by atoms with van der Waals surface area (Å²) in [5, 5.41) is 7.57. The second kappa shape index (κ2) is 10.2. The SMILES string of the molecule is CCCCCCCCNC(=O)Nc1cccc2c1C(=O)N(C1CCC(=O)NC1=O)C2=O. The van der Waals surface area contributed by atoms with Gasteiger partial charge < -0.3 is 10.6 Å². The van der Waals surface area contributed by atoms with Crippen molar-refractivity contribution in [3.8, 4) is 0 Å². The van der Waals surface area contributed by atoms with E-state index in [0.29, 0.717) is 6.54 Å². The Labute approximate surface area is 180 Å². The van der Waals surface area contributed by atoms with Gasteiger partial charge in [0.15, 0.2) is 0 Å². The van der Waals surface area contributed by atoms with E-state index in [-0.39, 0.29) is 29.7 Å². The van der Waals surface area contributed by atoms with Crippen molar-refractivity contribution in [2.75, 3.05) is 11.9 Å². The lowest BCUT2D eigenvalue weighted by molar-refractivity contribution is -0.136. The first-order valence-electron chi connectivity index (χ1n) is 10.8. The molecule has 0 aliphatic carbocycles. The summed E-state index contributed by atoms with van der Waals surface area (Å²) in [5.41, 5.74) is 0.404. The van der Waals surface area contributed by atoms with E-state index in [1.165, 1.54) is 25.3 Å². The number of fused-ring (bicyclic) bond motifs is 1. The second-order valence-electron chi connectivity index (χ2n) is 7.82. The Bertz CT molecular complexity index is 898. The number of rotatable bonds is 9. The van der Waals surface area contributed by atoms with Crippen LogP contribution in [0.4, 0.5) is 10.5 Å². The number of hydrogen-bond acceptors (Lipinski definition) is 5. The monoisotopic (exact) mass is 428 g/mol. The van der Waals surface area contributed by atoms with E-state index < -0.39 is 35.7 Å². The van der Waals surface area contributed by atoms with Crippen LogP contribution in [-0.2, 0) is 9.59 Å². The molecule has 3 N–H and O–H groups in total. The van der Waals surface area contributed by atoms with Gasteiger partial charge in [-0.2, -0.15) is 0 Å². The van der Waals surface area contributed by atoms with E-state index in [9.17, 15) is 24.0 Å². The number of unbranched alkanes of at least 4 members (excludes halogenated alkanes) is 5. The minimum Gasteiger partial charge on any atom is -0.338 e. The molecule has 3 rings (SSSR count). The Kier molecular flexibility index (Phi) is 7.38. The molecule has 6 amide bonds. The van der Waals surface area contributed by atoms with E-state index in [4.69, 9.17) is 0 Å². The highest BCUT2D eigenvalue weighted by Gasteiger charge is 2.45. The average molecular weight is 428 g/mol. The molecule has 2 aliphatic rings. The molecule has 2 aliphatic heterocycles. The smallest absolute Gasteiger partial charge is 0.319 e. The Morgan fingerprint density at radius 3 is 2.55 bits per heavy atom. The zero-order valence-electron chi connectivity index (χ0n) is 17.7. The number of carbonyl (C=O) groups excluding carboxylic acids is 5. The predicted molar refractivity (Wildman–Crippen MR) is 114 cm³/mol. The van der Waals surface area contributed by atoms with E-state index in [1.54, 1.807) is 12.1 Å². The third kappa shape index (κ3) is 5.10. The summed E-state index contributed by atoms with van der Waals surface area (Å²) in [4.78, 5) is 62.5. The number of anilines is 1. The zero-order valence-corrected chi connectivity index (χ0v) is 17.7. The Morgan fingerprint density at radius 1 is 1.06 bits per heavy atom. The van der Waals surface area contributed by atoms with Gasteiger partial charge in [-0.05, 0) is 25.0 Å². The number of imide groups is 2. The van der Waals surface area contributed by atoms with E-state index in [0.717, 1.165) is 24.2 Å². The third-order valence-corrected chi connectivity index (χ3v) is 5.53. The largest absolute Gasteiger partial charge is 0.338 e. The average Bonchev–Trinajstić information content (AvgIpc) is 2.99. The fourth-order valence-electron chi connectivity index (χ4n) is 3.89. The molecule has 0 spiro atoms. The van der Waals surface area contributed by atoms with Crippen LogP contribution in [-0.4, -0.2) is 47.1 Å². The van der Waals surface area contributed by atoms with E-state index in [1.807, 2.05) is 0 Å². The molecule has 1 fully saturated rings. The first-order valence-corrected chi connectivity index (χ1v) is 10.8. The highest BCUT2D eigenvalue weighted by Crippen LogP contribution is 2.32. The van der Waals surface area contributed by atoms with Crippen molar-refractivity contribution in [1.82, 2.24) is 15.5 Å². The summed E-state index contributed by atoms with van der Waals surface area (Å²) < 4.78 is 0. The van der Waals surface area contributed by atoms with Gasteiger partial charge in [0, 0.05) is 13.0 Å².